The van der Waals surface area contributed by atoms with Gasteiger partial charge in [-0.05, 0) is 37.3 Å². The third kappa shape index (κ3) is 3.92. The van der Waals surface area contributed by atoms with Crippen LogP contribution in [0.2, 0.25) is 0 Å². The van der Waals surface area contributed by atoms with Gasteiger partial charge in [0, 0.05) is 20.3 Å². The lowest BCUT2D eigenvalue weighted by Gasteiger charge is -2.10. The Morgan fingerprint density at radius 3 is 2.78 bits per heavy atom. The van der Waals surface area contributed by atoms with Crippen LogP contribution >= 0.6 is 11.3 Å². The molecule has 0 aliphatic rings. The van der Waals surface area contributed by atoms with Crippen LogP contribution in [0.15, 0.2) is 41.4 Å². The van der Waals surface area contributed by atoms with Crippen LogP contribution in [-0.4, -0.2) is 49.3 Å². The Hall–Kier alpha value is -2.56. The summed E-state index contributed by atoms with van der Waals surface area (Å²) < 4.78 is 31.7. The lowest BCUT2D eigenvalue weighted by Crippen LogP contribution is -2.22. The predicted molar refractivity (Wildman–Crippen MR) is 104 cm³/mol. The summed E-state index contributed by atoms with van der Waals surface area (Å²) in [5, 5.41) is 3.08. The maximum absolute atomic E-state index is 12.5. The molecule has 0 fully saturated rings. The molecule has 1 amide bonds. The number of fused-ring (bicyclic) bond motifs is 1. The van der Waals surface area contributed by atoms with Gasteiger partial charge in [-0.3, -0.25) is 10.1 Å². The largest absolute Gasteiger partial charge is 0.477 e. The van der Waals surface area contributed by atoms with Crippen molar-refractivity contribution in [2.45, 2.75) is 11.8 Å². The van der Waals surface area contributed by atoms with Crippen LogP contribution in [0.4, 0.5) is 5.13 Å². The maximum atomic E-state index is 12.5. The van der Waals surface area contributed by atoms with Crippen LogP contribution in [0.5, 0.6) is 5.88 Å². The van der Waals surface area contributed by atoms with Crippen molar-refractivity contribution >= 4 is 42.6 Å². The highest BCUT2D eigenvalue weighted by Crippen LogP contribution is 2.29. The molecule has 3 rings (SSSR count). The number of pyridine rings is 1. The van der Waals surface area contributed by atoms with E-state index in [0.717, 1.165) is 4.31 Å². The molecule has 142 valence electrons. The van der Waals surface area contributed by atoms with Gasteiger partial charge in [0.15, 0.2) is 5.13 Å². The average Bonchev–Trinajstić information content (AvgIpc) is 3.03. The minimum absolute atomic E-state index is 0.174. The summed E-state index contributed by atoms with van der Waals surface area (Å²) in [5.74, 6) is -0.148. The molecule has 2 aromatic heterocycles. The van der Waals surface area contributed by atoms with Crippen LogP contribution in [0.3, 0.4) is 0 Å². The van der Waals surface area contributed by atoms with Crippen molar-refractivity contribution in [3.8, 4) is 5.88 Å². The minimum atomic E-state index is -3.54. The molecular weight excluding hydrogens is 388 g/mol. The van der Waals surface area contributed by atoms with Gasteiger partial charge in [-0.1, -0.05) is 11.3 Å². The number of hydrogen-bond donors (Lipinski definition) is 1. The number of carbonyl (C=O) groups is 1. The summed E-state index contributed by atoms with van der Waals surface area (Å²) in [6, 6.07) is 7.93. The molecule has 0 atom stereocenters. The number of nitrogens with zero attached hydrogens (tertiary/aromatic N) is 3. The van der Waals surface area contributed by atoms with E-state index in [-0.39, 0.29) is 10.8 Å². The second-order valence-electron chi connectivity index (χ2n) is 5.68. The summed E-state index contributed by atoms with van der Waals surface area (Å²) in [7, 11) is -0.589. The fourth-order valence-electron chi connectivity index (χ4n) is 2.31. The SMILES string of the molecule is CCOc1ncccc1C(=O)Nc1nc2ccc(S(=O)(=O)N(C)C)cc2s1. The molecule has 2 heterocycles. The number of hydrogen-bond acceptors (Lipinski definition) is 7. The summed E-state index contributed by atoms with van der Waals surface area (Å²) in [6.45, 7) is 2.20. The quantitative estimate of drug-likeness (QED) is 0.675. The molecule has 0 aliphatic carbocycles. The van der Waals surface area contributed by atoms with Crippen molar-refractivity contribution in [3.05, 3.63) is 42.1 Å². The van der Waals surface area contributed by atoms with Crippen LogP contribution in [-0.2, 0) is 10.0 Å². The van der Waals surface area contributed by atoms with E-state index >= 15 is 0 Å². The predicted octanol–water partition coefficient (Wildman–Crippen LogP) is 2.59. The first-order chi connectivity index (χ1) is 12.8. The topological polar surface area (TPSA) is 101 Å². The molecule has 1 aromatic carbocycles. The number of aromatic nitrogens is 2. The Morgan fingerprint density at radius 1 is 1.30 bits per heavy atom. The first kappa shape index (κ1) is 19.2. The molecular formula is C17H18N4O4S2. The van der Waals surface area contributed by atoms with E-state index in [1.54, 1.807) is 30.5 Å². The zero-order valence-electron chi connectivity index (χ0n) is 15.0. The van der Waals surface area contributed by atoms with Crippen LogP contribution in [0.1, 0.15) is 17.3 Å². The number of amides is 1. The first-order valence-corrected chi connectivity index (χ1v) is 10.3. The molecule has 10 heteroatoms. The van der Waals surface area contributed by atoms with E-state index in [2.05, 4.69) is 15.3 Å². The molecule has 0 spiro atoms. The molecule has 1 N–H and O–H groups in total. The molecule has 0 bridgehead atoms. The van der Waals surface area contributed by atoms with Gasteiger partial charge in [0.2, 0.25) is 15.9 Å². The zero-order valence-corrected chi connectivity index (χ0v) is 16.6. The summed E-state index contributed by atoms with van der Waals surface area (Å²) in [5.41, 5.74) is 0.902. The Morgan fingerprint density at radius 2 is 2.07 bits per heavy atom. The van der Waals surface area contributed by atoms with Crippen molar-refractivity contribution in [3.63, 3.8) is 0 Å². The third-order valence-electron chi connectivity index (χ3n) is 3.66. The van der Waals surface area contributed by atoms with Gasteiger partial charge >= 0.3 is 0 Å². The second kappa shape index (κ2) is 7.59. The fraction of sp³-hybridized carbons (Fsp3) is 0.235. The number of sulfonamides is 1. The molecule has 0 saturated carbocycles. The molecule has 8 nitrogen and oxygen atoms in total. The standard InChI is InChI=1S/C17H18N4O4S2/c1-4-25-16-12(6-5-9-18-16)15(22)20-17-19-13-8-7-11(10-14(13)26-17)27(23,24)21(2)3/h5-10H,4H2,1-3H3,(H,19,20,22). The van der Waals surface area contributed by atoms with Gasteiger partial charge in [-0.2, -0.15) is 0 Å². The number of ether oxygens (including phenoxy) is 1. The zero-order chi connectivity index (χ0) is 19.6. The van der Waals surface area contributed by atoms with Crippen LogP contribution in [0, 0.1) is 0 Å². The highest BCUT2D eigenvalue weighted by atomic mass is 32.2. The van der Waals surface area contributed by atoms with Crippen molar-refractivity contribution in [2.75, 3.05) is 26.0 Å². The Balaban J connectivity index is 1.89. The number of nitrogens with one attached hydrogen (secondary N) is 1. The molecule has 27 heavy (non-hydrogen) atoms. The lowest BCUT2D eigenvalue weighted by atomic mass is 10.2. The number of benzene rings is 1. The highest BCUT2D eigenvalue weighted by Gasteiger charge is 2.19. The molecule has 0 radical (unpaired) electrons. The lowest BCUT2D eigenvalue weighted by molar-refractivity contribution is 0.102. The van der Waals surface area contributed by atoms with Gasteiger partial charge in [0.05, 0.1) is 21.7 Å². The Bertz CT molecular complexity index is 1090. The van der Waals surface area contributed by atoms with Crippen molar-refractivity contribution in [2.24, 2.45) is 0 Å². The summed E-state index contributed by atoms with van der Waals surface area (Å²) in [6.07, 6.45) is 1.55. The average molecular weight is 406 g/mol. The number of anilines is 1. The van der Waals surface area contributed by atoms with Crippen LogP contribution < -0.4 is 10.1 Å². The minimum Gasteiger partial charge on any atom is -0.477 e. The third-order valence-corrected chi connectivity index (χ3v) is 6.40. The number of carbonyl (C=O) groups excluding carboxylic acids is 1. The summed E-state index contributed by atoms with van der Waals surface area (Å²) >= 11 is 1.19. The second-order valence-corrected chi connectivity index (χ2v) is 8.86. The number of rotatable bonds is 6. The molecule has 0 unspecified atom stereocenters. The number of thiazole rings is 1. The van der Waals surface area contributed by atoms with Gasteiger partial charge in [0.25, 0.3) is 5.91 Å². The first-order valence-electron chi connectivity index (χ1n) is 8.05. The van der Waals surface area contributed by atoms with Gasteiger partial charge in [0.1, 0.15) is 5.56 Å². The molecule has 0 saturated heterocycles. The van der Waals surface area contributed by atoms with Crippen molar-refractivity contribution in [1.82, 2.24) is 14.3 Å². The van der Waals surface area contributed by atoms with E-state index in [1.165, 1.54) is 31.5 Å². The van der Waals surface area contributed by atoms with E-state index < -0.39 is 15.9 Å². The van der Waals surface area contributed by atoms with Gasteiger partial charge in [-0.15, -0.1) is 0 Å². The van der Waals surface area contributed by atoms with E-state index in [0.29, 0.717) is 27.5 Å². The normalized spacial score (nSPS) is 11.7. The molecule has 0 aliphatic heterocycles. The Kier molecular flexibility index (Phi) is 5.40. The van der Waals surface area contributed by atoms with Gasteiger partial charge < -0.3 is 4.74 Å². The van der Waals surface area contributed by atoms with E-state index in [4.69, 9.17) is 4.74 Å². The molecule has 3 aromatic rings. The Labute approximate surface area is 160 Å². The summed E-state index contributed by atoms with van der Waals surface area (Å²) in [4.78, 5) is 21.1. The fourth-order valence-corrected chi connectivity index (χ4v) is 4.21. The smallest absolute Gasteiger partial charge is 0.262 e. The van der Waals surface area contributed by atoms with E-state index in [9.17, 15) is 13.2 Å². The van der Waals surface area contributed by atoms with Crippen molar-refractivity contribution < 1.29 is 17.9 Å². The monoisotopic (exact) mass is 406 g/mol. The van der Waals surface area contributed by atoms with Gasteiger partial charge in [-0.25, -0.2) is 22.7 Å². The van der Waals surface area contributed by atoms with Crippen molar-refractivity contribution in [1.29, 1.82) is 0 Å². The highest BCUT2D eigenvalue weighted by molar-refractivity contribution is 7.89. The van der Waals surface area contributed by atoms with Crippen LogP contribution in [0.25, 0.3) is 10.2 Å². The van der Waals surface area contributed by atoms with E-state index in [1.807, 2.05) is 6.92 Å². The maximum Gasteiger partial charge on any atom is 0.262 e.